The second kappa shape index (κ2) is 15.1. The third-order valence-electron chi connectivity index (χ3n) is 7.19. The Hall–Kier alpha value is -3.80. The van der Waals surface area contributed by atoms with Gasteiger partial charge in [-0.1, -0.05) is 12.1 Å². The van der Waals surface area contributed by atoms with Gasteiger partial charge in [-0.2, -0.15) is 0 Å². The summed E-state index contributed by atoms with van der Waals surface area (Å²) in [6.07, 6.45) is 4.82. The summed E-state index contributed by atoms with van der Waals surface area (Å²) in [6, 6.07) is 14.5. The normalized spacial score (nSPS) is 15.6. The molecule has 1 amide bonds. The predicted molar refractivity (Wildman–Crippen MR) is 171 cm³/mol. The first-order valence-corrected chi connectivity index (χ1v) is 15.0. The summed E-state index contributed by atoms with van der Waals surface area (Å²) in [6.45, 7) is 10.8. The number of ether oxygens (including phenoxy) is 1. The number of nitrogens with one attached hydrogen (secondary N) is 2. The van der Waals surface area contributed by atoms with Gasteiger partial charge in [0, 0.05) is 89.7 Å². The first-order valence-electron chi connectivity index (χ1n) is 15.0. The van der Waals surface area contributed by atoms with E-state index < -0.39 is 5.60 Å². The zero-order valence-electron chi connectivity index (χ0n) is 26.1. The molecule has 0 saturated carbocycles. The maximum Gasteiger partial charge on any atom is 0.410 e. The summed E-state index contributed by atoms with van der Waals surface area (Å²) in [5.74, 6) is 1.37. The lowest BCUT2D eigenvalue weighted by atomic mass is 10.1. The Labute approximate surface area is 255 Å². The van der Waals surface area contributed by atoms with E-state index in [1.54, 1.807) is 18.1 Å². The van der Waals surface area contributed by atoms with E-state index in [9.17, 15) is 9.90 Å². The summed E-state index contributed by atoms with van der Waals surface area (Å²) in [7, 11) is 3.75. The standard InChI is InChI=1S/C32H46N8O3/c1-32(2,3)43-31(42)39(5)17-7-16-38(4)29-11-10-25(21-35-29)28-12-14-34-30(37-28)36-26-9-6-8-24(20-26)22-40-18-15-33-27(23-40)13-19-41/h6,8-12,14,20-21,27,33,41H,7,13,15-19,22-23H2,1-5H3,(H,34,36,37). The molecule has 3 heterocycles. The minimum absolute atomic E-state index is 0.206. The fourth-order valence-electron chi connectivity index (χ4n) is 4.96. The van der Waals surface area contributed by atoms with Crippen LogP contribution in [0.4, 0.5) is 22.2 Å². The number of benzene rings is 1. The highest BCUT2D eigenvalue weighted by atomic mass is 16.6. The number of hydrogen-bond donors (Lipinski definition) is 3. The Kier molecular flexibility index (Phi) is 11.3. The maximum atomic E-state index is 12.2. The fraction of sp³-hybridized carbons (Fsp3) is 0.500. The molecule has 1 atom stereocenters. The molecule has 0 aliphatic carbocycles. The number of hydrogen-bond acceptors (Lipinski definition) is 10. The molecule has 0 bridgehead atoms. The molecular weight excluding hydrogens is 544 g/mol. The topological polar surface area (TPSA) is 119 Å². The molecule has 1 aliphatic rings. The lowest BCUT2D eigenvalue weighted by Gasteiger charge is -2.33. The monoisotopic (exact) mass is 590 g/mol. The molecule has 3 aromatic rings. The number of piperazine rings is 1. The van der Waals surface area contributed by atoms with Crippen LogP contribution in [0.3, 0.4) is 0 Å². The van der Waals surface area contributed by atoms with Gasteiger partial charge in [0.05, 0.1) is 5.69 Å². The average molecular weight is 591 g/mol. The Morgan fingerprint density at radius 1 is 1.16 bits per heavy atom. The number of pyridine rings is 1. The van der Waals surface area contributed by atoms with E-state index >= 15 is 0 Å². The van der Waals surface area contributed by atoms with Crippen LogP contribution in [-0.2, 0) is 11.3 Å². The number of carbonyl (C=O) groups is 1. The van der Waals surface area contributed by atoms with E-state index in [0.717, 1.165) is 68.3 Å². The predicted octanol–water partition coefficient (Wildman–Crippen LogP) is 4.13. The molecule has 1 fully saturated rings. The molecule has 1 unspecified atom stereocenters. The van der Waals surface area contributed by atoms with Gasteiger partial charge in [-0.15, -0.1) is 0 Å². The molecule has 1 saturated heterocycles. The quantitative estimate of drug-likeness (QED) is 0.284. The van der Waals surface area contributed by atoms with Crippen molar-refractivity contribution in [3.8, 4) is 11.3 Å². The first-order chi connectivity index (χ1) is 20.6. The van der Waals surface area contributed by atoms with Crippen LogP contribution >= 0.6 is 0 Å². The van der Waals surface area contributed by atoms with Crippen molar-refractivity contribution < 1.29 is 14.6 Å². The van der Waals surface area contributed by atoms with Crippen molar-refractivity contribution in [1.29, 1.82) is 0 Å². The maximum absolute atomic E-state index is 12.2. The molecule has 43 heavy (non-hydrogen) atoms. The number of rotatable bonds is 12. The van der Waals surface area contributed by atoms with Crippen LogP contribution in [0.15, 0.2) is 54.9 Å². The molecule has 11 nitrogen and oxygen atoms in total. The second-order valence-corrected chi connectivity index (χ2v) is 12.1. The number of aromatic nitrogens is 3. The second-order valence-electron chi connectivity index (χ2n) is 12.1. The minimum Gasteiger partial charge on any atom is -0.444 e. The minimum atomic E-state index is -0.503. The van der Waals surface area contributed by atoms with Crippen LogP contribution in [0.25, 0.3) is 11.3 Å². The molecule has 232 valence electrons. The Morgan fingerprint density at radius 3 is 2.74 bits per heavy atom. The van der Waals surface area contributed by atoms with E-state index in [0.29, 0.717) is 18.5 Å². The van der Waals surface area contributed by atoms with Gasteiger partial charge in [-0.25, -0.2) is 19.7 Å². The summed E-state index contributed by atoms with van der Waals surface area (Å²) < 4.78 is 5.42. The van der Waals surface area contributed by atoms with Crippen molar-refractivity contribution in [1.82, 2.24) is 30.1 Å². The lowest BCUT2D eigenvalue weighted by molar-refractivity contribution is 0.0298. The van der Waals surface area contributed by atoms with Crippen LogP contribution in [0.1, 0.15) is 39.2 Å². The van der Waals surface area contributed by atoms with Crippen molar-refractivity contribution in [2.45, 2.75) is 51.8 Å². The molecular formula is C32H46N8O3. The van der Waals surface area contributed by atoms with Crippen LogP contribution in [-0.4, -0.2) is 101 Å². The number of anilines is 3. The van der Waals surface area contributed by atoms with Gasteiger partial charge < -0.3 is 30.3 Å². The molecule has 1 aliphatic heterocycles. The molecule has 0 spiro atoms. The summed E-state index contributed by atoms with van der Waals surface area (Å²) in [5, 5.41) is 16.1. The van der Waals surface area contributed by atoms with E-state index in [4.69, 9.17) is 9.72 Å². The SMILES string of the molecule is CN(CCCN(C)c1ccc(-c2ccnc(Nc3cccc(CN4CCNC(CCO)C4)c3)n2)cn1)C(=O)OC(C)(C)C. The van der Waals surface area contributed by atoms with Crippen LogP contribution in [0, 0.1) is 0 Å². The number of aliphatic hydroxyl groups excluding tert-OH is 1. The number of aliphatic hydroxyl groups is 1. The highest BCUT2D eigenvalue weighted by Crippen LogP contribution is 2.22. The van der Waals surface area contributed by atoms with E-state index in [2.05, 4.69) is 42.5 Å². The molecule has 1 aromatic carbocycles. The highest BCUT2D eigenvalue weighted by Gasteiger charge is 2.20. The molecule has 4 rings (SSSR count). The zero-order chi connectivity index (χ0) is 30.8. The van der Waals surface area contributed by atoms with Gasteiger partial charge in [-0.3, -0.25) is 4.90 Å². The number of carbonyl (C=O) groups excluding carboxylic acids is 1. The van der Waals surface area contributed by atoms with Crippen molar-refractivity contribution in [3.63, 3.8) is 0 Å². The third-order valence-corrected chi connectivity index (χ3v) is 7.19. The smallest absolute Gasteiger partial charge is 0.410 e. The fourth-order valence-corrected chi connectivity index (χ4v) is 4.96. The van der Waals surface area contributed by atoms with E-state index in [1.165, 1.54) is 5.56 Å². The summed E-state index contributed by atoms with van der Waals surface area (Å²) in [4.78, 5) is 32.1. The number of nitrogens with zero attached hydrogens (tertiary/aromatic N) is 6. The van der Waals surface area contributed by atoms with Gasteiger partial charge in [0.2, 0.25) is 5.95 Å². The Balaban J connectivity index is 1.30. The van der Waals surface area contributed by atoms with Crippen LogP contribution < -0.4 is 15.5 Å². The summed E-state index contributed by atoms with van der Waals surface area (Å²) >= 11 is 0. The average Bonchev–Trinajstić information content (AvgIpc) is 2.97. The third kappa shape index (κ3) is 10.2. The largest absolute Gasteiger partial charge is 0.444 e. The number of amides is 1. The zero-order valence-corrected chi connectivity index (χ0v) is 26.1. The van der Waals surface area contributed by atoms with Gasteiger partial charge in [-0.05, 0) is 69.5 Å². The van der Waals surface area contributed by atoms with Crippen LogP contribution in [0.5, 0.6) is 0 Å². The van der Waals surface area contributed by atoms with Crippen molar-refractivity contribution in [2.24, 2.45) is 0 Å². The van der Waals surface area contributed by atoms with Gasteiger partial charge in [0.1, 0.15) is 11.4 Å². The van der Waals surface area contributed by atoms with Crippen molar-refractivity contribution in [2.75, 3.05) is 63.6 Å². The van der Waals surface area contributed by atoms with Gasteiger partial charge in [0.25, 0.3) is 0 Å². The first kappa shape index (κ1) is 32.1. The molecule has 3 N–H and O–H groups in total. The van der Waals surface area contributed by atoms with Gasteiger partial charge >= 0.3 is 6.09 Å². The Morgan fingerprint density at radius 2 is 2.00 bits per heavy atom. The van der Waals surface area contributed by atoms with Gasteiger partial charge in [0.15, 0.2) is 0 Å². The van der Waals surface area contributed by atoms with E-state index in [-0.39, 0.29) is 12.7 Å². The molecule has 11 heteroatoms. The molecule has 0 radical (unpaired) electrons. The Bertz CT molecular complexity index is 1310. The van der Waals surface area contributed by atoms with Crippen molar-refractivity contribution >= 4 is 23.5 Å². The molecule has 2 aromatic heterocycles. The highest BCUT2D eigenvalue weighted by molar-refractivity contribution is 5.67. The van der Waals surface area contributed by atoms with Crippen LogP contribution in [0.2, 0.25) is 0 Å². The van der Waals surface area contributed by atoms with Crippen molar-refractivity contribution in [3.05, 3.63) is 60.4 Å². The lowest BCUT2D eigenvalue weighted by Crippen LogP contribution is -2.50. The van der Waals surface area contributed by atoms with E-state index in [1.807, 2.05) is 64.3 Å². The summed E-state index contributed by atoms with van der Waals surface area (Å²) in [5.41, 5.74) is 3.33.